The number of hydrogen-bond acceptors (Lipinski definition) is 5. The number of aryl methyl sites for hydroxylation is 1. The third-order valence-corrected chi connectivity index (χ3v) is 7.36. The van der Waals surface area contributed by atoms with Gasteiger partial charge in [-0.1, -0.05) is 36.8 Å². The molecule has 0 N–H and O–H groups in total. The predicted octanol–water partition coefficient (Wildman–Crippen LogP) is 3.91. The zero-order chi connectivity index (χ0) is 23.7. The third-order valence-electron chi connectivity index (χ3n) is 7.36. The molecule has 6 heteroatoms. The first-order valence-corrected chi connectivity index (χ1v) is 12.6. The summed E-state index contributed by atoms with van der Waals surface area (Å²) in [5.41, 5.74) is 4.81. The lowest BCUT2D eigenvalue weighted by Crippen LogP contribution is -2.47. The van der Waals surface area contributed by atoms with Crippen molar-refractivity contribution >= 4 is 28.8 Å². The number of piperazine rings is 1. The minimum absolute atomic E-state index is 0.212. The summed E-state index contributed by atoms with van der Waals surface area (Å²) in [6.45, 7) is 10.6. The lowest BCUT2D eigenvalue weighted by molar-refractivity contribution is -0.120. The molecule has 0 aliphatic carbocycles. The summed E-state index contributed by atoms with van der Waals surface area (Å²) >= 11 is 0. The summed E-state index contributed by atoms with van der Waals surface area (Å²) in [5.74, 6) is -0.441. The van der Waals surface area contributed by atoms with Crippen molar-refractivity contribution in [2.24, 2.45) is 0 Å². The van der Waals surface area contributed by atoms with E-state index in [1.807, 2.05) is 55.5 Å². The van der Waals surface area contributed by atoms with Gasteiger partial charge in [-0.3, -0.25) is 9.59 Å². The molecule has 0 bridgehead atoms. The molecule has 6 nitrogen and oxygen atoms in total. The average Bonchev–Trinajstić information content (AvgIpc) is 3.15. The Morgan fingerprint density at radius 3 is 1.91 bits per heavy atom. The molecule has 2 amide bonds. The van der Waals surface area contributed by atoms with Crippen molar-refractivity contribution in [1.29, 1.82) is 0 Å². The molecular formula is C28H34N4O2. The summed E-state index contributed by atoms with van der Waals surface area (Å²) in [6, 6.07) is 15.9. The molecule has 2 aromatic rings. The third kappa shape index (κ3) is 4.23. The quantitative estimate of drug-likeness (QED) is 0.636. The van der Waals surface area contributed by atoms with Gasteiger partial charge in [-0.25, -0.2) is 4.90 Å². The van der Waals surface area contributed by atoms with Gasteiger partial charge < -0.3 is 14.7 Å². The number of carbonyl (C=O) groups excluding carboxylic acids is 2. The Balaban J connectivity index is 1.47. The highest BCUT2D eigenvalue weighted by Gasteiger charge is 2.43. The minimum atomic E-state index is -0.229. The van der Waals surface area contributed by atoms with Crippen molar-refractivity contribution in [3.63, 3.8) is 0 Å². The fraction of sp³-hybridized carbons (Fsp3) is 0.429. The highest BCUT2D eigenvalue weighted by atomic mass is 16.2. The number of rotatable bonds is 5. The summed E-state index contributed by atoms with van der Waals surface area (Å²) in [4.78, 5) is 35.8. The molecule has 34 heavy (non-hydrogen) atoms. The van der Waals surface area contributed by atoms with E-state index in [9.17, 15) is 9.59 Å². The lowest BCUT2D eigenvalue weighted by Gasteiger charge is -2.36. The van der Waals surface area contributed by atoms with Gasteiger partial charge in [-0.05, 0) is 62.6 Å². The number of carbonyl (C=O) groups is 2. The van der Waals surface area contributed by atoms with E-state index < -0.39 is 0 Å². The van der Waals surface area contributed by atoms with Gasteiger partial charge in [-0.2, -0.15) is 0 Å². The van der Waals surface area contributed by atoms with E-state index >= 15 is 0 Å². The molecule has 0 atom stereocenters. The second-order valence-electron chi connectivity index (χ2n) is 9.52. The molecule has 0 saturated carbocycles. The number of nitrogens with zero attached hydrogens (tertiary/aromatic N) is 4. The predicted molar refractivity (Wildman–Crippen MR) is 137 cm³/mol. The van der Waals surface area contributed by atoms with Crippen LogP contribution in [-0.2, 0) is 9.59 Å². The van der Waals surface area contributed by atoms with Crippen molar-refractivity contribution in [3.05, 3.63) is 65.4 Å². The number of anilines is 2. The van der Waals surface area contributed by atoms with E-state index in [0.29, 0.717) is 17.0 Å². The van der Waals surface area contributed by atoms with Crippen LogP contribution in [0.15, 0.2) is 54.2 Å². The maximum absolute atomic E-state index is 13.8. The van der Waals surface area contributed by atoms with Gasteiger partial charge in [0, 0.05) is 45.0 Å². The first-order valence-electron chi connectivity index (χ1n) is 12.6. The van der Waals surface area contributed by atoms with Crippen molar-refractivity contribution in [2.75, 3.05) is 55.6 Å². The summed E-state index contributed by atoms with van der Waals surface area (Å²) in [5, 5.41) is 0. The number of imide groups is 1. The molecule has 5 rings (SSSR count). The van der Waals surface area contributed by atoms with E-state index in [0.717, 1.165) is 62.6 Å². The second-order valence-corrected chi connectivity index (χ2v) is 9.52. The molecule has 2 saturated heterocycles. The van der Waals surface area contributed by atoms with E-state index in [2.05, 4.69) is 21.6 Å². The molecule has 0 radical (unpaired) electrons. The number of likely N-dealkylation sites (N-methyl/N-ethyl adjacent to an activating group) is 1. The maximum Gasteiger partial charge on any atom is 0.282 e. The van der Waals surface area contributed by atoms with E-state index in [1.54, 1.807) is 0 Å². The van der Waals surface area contributed by atoms with Crippen molar-refractivity contribution in [2.45, 2.75) is 33.1 Å². The Morgan fingerprint density at radius 2 is 1.29 bits per heavy atom. The Kier molecular flexibility index (Phi) is 6.42. The molecule has 2 aromatic carbocycles. The van der Waals surface area contributed by atoms with Crippen LogP contribution in [-0.4, -0.2) is 67.4 Å². The van der Waals surface area contributed by atoms with Crippen LogP contribution in [0.4, 0.5) is 11.4 Å². The van der Waals surface area contributed by atoms with Gasteiger partial charge in [0.05, 0.1) is 11.3 Å². The normalized spacial score (nSPS) is 20.0. The zero-order valence-corrected chi connectivity index (χ0v) is 20.3. The Morgan fingerprint density at radius 1 is 0.676 bits per heavy atom. The van der Waals surface area contributed by atoms with Crippen LogP contribution >= 0.6 is 0 Å². The minimum Gasteiger partial charge on any atom is -0.372 e. The molecule has 3 heterocycles. The monoisotopic (exact) mass is 458 g/mol. The van der Waals surface area contributed by atoms with E-state index in [-0.39, 0.29) is 11.8 Å². The van der Waals surface area contributed by atoms with E-state index in [4.69, 9.17) is 0 Å². The van der Waals surface area contributed by atoms with Crippen LogP contribution < -0.4 is 9.80 Å². The van der Waals surface area contributed by atoms with Crippen LogP contribution in [0.2, 0.25) is 0 Å². The van der Waals surface area contributed by atoms with E-state index in [1.165, 1.54) is 24.2 Å². The zero-order valence-electron chi connectivity index (χ0n) is 20.3. The number of amides is 2. The summed E-state index contributed by atoms with van der Waals surface area (Å²) in [7, 11) is 0. The van der Waals surface area contributed by atoms with Crippen molar-refractivity contribution in [1.82, 2.24) is 9.80 Å². The van der Waals surface area contributed by atoms with Gasteiger partial charge in [0.25, 0.3) is 11.8 Å². The van der Waals surface area contributed by atoms with Crippen molar-refractivity contribution < 1.29 is 9.59 Å². The first-order chi connectivity index (χ1) is 16.6. The fourth-order valence-corrected chi connectivity index (χ4v) is 5.28. The van der Waals surface area contributed by atoms with Crippen LogP contribution in [0.5, 0.6) is 0 Å². The van der Waals surface area contributed by atoms with Crippen LogP contribution in [0.3, 0.4) is 0 Å². The highest BCUT2D eigenvalue weighted by Crippen LogP contribution is 2.36. The van der Waals surface area contributed by atoms with Gasteiger partial charge in [0.15, 0.2) is 0 Å². The molecule has 0 unspecified atom stereocenters. The SMILES string of the molecule is CCN1CCN(C2=C(c3ccc(C)cc3)C(=O)N(c3ccc(N4CCCCC4)cc3)C2=O)CC1. The largest absolute Gasteiger partial charge is 0.372 e. The molecule has 3 aliphatic heterocycles. The smallest absolute Gasteiger partial charge is 0.282 e. The lowest BCUT2D eigenvalue weighted by atomic mass is 10.0. The number of benzene rings is 2. The fourth-order valence-electron chi connectivity index (χ4n) is 5.28. The van der Waals surface area contributed by atoms with Crippen molar-refractivity contribution in [3.8, 4) is 0 Å². The Bertz CT molecular complexity index is 1080. The summed E-state index contributed by atoms with van der Waals surface area (Å²) < 4.78 is 0. The second kappa shape index (κ2) is 9.63. The first kappa shape index (κ1) is 22.7. The molecule has 178 valence electrons. The molecule has 0 aromatic heterocycles. The van der Waals surface area contributed by atoms with Crippen LogP contribution in [0.25, 0.3) is 5.57 Å². The van der Waals surface area contributed by atoms with Gasteiger partial charge in [0.1, 0.15) is 5.70 Å². The average molecular weight is 459 g/mol. The molecule has 2 fully saturated rings. The van der Waals surface area contributed by atoms with Crippen LogP contribution in [0.1, 0.15) is 37.3 Å². The molecule has 0 spiro atoms. The van der Waals surface area contributed by atoms with Gasteiger partial charge >= 0.3 is 0 Å². The Hall–Kier alpha value is -3.12. The Labute approximate surface area is 202 Å². The molecule has 3 aliphatic rings. The van der Waals surface area contributed by atoms with Crippen LogP contribution in [0, 0.1) is 6.92 Å². The van der Waals surface area contributed by atoms with Gasteiger partial charge in [-0.15, -0.1) is 0 Å². The highest BCUT2D eigenvalue weighted by molar-refractivity contribution is 6.45. The standard InChI is InChI=1S/C28H34N4O2/c1-3-29-17-19-31(20-18-29)26-25(22-9-7-21(2)8-10-22)27(33)32(28(26)34)24-13-11-23(12-14-24)30-15-5-4-6-16-30/h7-14H,3-6,15-20H2,1-2H3. The maximum atomic E-state index is 13.8. The topological polar surface area (TPSA) is 47.1 Å². The number of hydrogen-bond donors (Lipinski definition) is 0. The summed E-state index contributed by atoms with van der Waals surface area (Å²) in [6.07, 6.45) is 3.71. The van der Waals surface area contributed by atoms with Gasteiger partial charge in [0.2, 0.25) is 0 Å². The number of piperidine rings is 1. The molecular weight excluding hydrogens is 424 g/mol.